The largest absolute Gasteiger partial charge is 0.393 e. The Balaban J connectivity index is 1.77. The molecule has 100 valence electrons. The van der Waals surface area contributed by atoms with Crippen LogP contribution >= 0.6 is 23.2 Å². The smallest absolute Gasteiger partial charge is 0.0543 e. The van der Waals surface area contributed by atoms with Crippen molar-refractivity contribution in [2.75, 3.05) is 6.54 Å². The van der Waals surface area contributed by atoms with Crippen LogP contribution in [0, 0.1) is 5.92 Å². The summed E-state index contributed by atoms with van der Waals surface area (Å²) in [5.41, 5.74) is 1.10. The van der Waals surface area contributed by atoms with Crippen LogP contribution in [0.25, 0.3) is 0 Å². The fourth-order valence-corrected chi connectivity index (χ4v) is 3.15. The lowest BCUT2D eigenvalue weighted by atomic mass is 9.87. The molecule has 18 heavy (non-hydrogen) atoms. The van der Waals surface area contributed by atoms with Crippen molar-refractivity contribution in [1.82, 2.24) is 5.32 Å². The maximum Gasteiger partial charge on any atom is 0.0543 e. The molecule has 1 aliphatic carbocycles. The van der Waals surface area contributed by atoms with Crippen LogP contribution in [0.2, 0.25) is 10.0 Å². The molecule has 1 aromatic carbocycles. The van der Waals surface area contributed by atoms with E-state index in [4.69, 9.17) is 23.2 Å². The molecule has 1 fully saturated rings. The van der Waals surface area contributed by atoms with Crippen LogP contribution in [0.15, 0.2) is 18.2 Å². The van der Waals surface area contributed by atoms with Crippen LogP contribution in [0.4, 0.5) is 0 Å². The summed E-state index contributed by atoms with van der Waals surface area (Å²) in [7, 11) is 0. The molecule has 0 saturated heterocycles. The highest BCUT2D eigenvalue weighted by Crippen LogP contribution is 2.24. The van der Waals surface area contributed by atoms with E-state index in [9.17, 15) is 5.11 Å². The molecule has 2 unspecified atom stereocenters. The Bertz CT molecular complexity index is 377. The molecule has 1 aromatic rings. The molecule has 0 bridgehead atoms. The SMILES string of the molecule is OC1CCCC(CNCc2cc(Cl)cc(Cl)c2)C1. The van der Waals surface area contributed by atoms with E-state index in [0.29, 0.717) is 16.0 Å². The average Bonchev–Trinajstić information content (AvgIpc) is 2.27. The molecule has 0 aromatic heterocycles. The van der Waals surface area contributed by atoms with Gasteiger partial charge in [-0.3, -0.25) is 0 Å². The van der Waals surface area contributed by atoms with Gasteiger partial charge in [0, 0.05) is 16.6 Å². The van der Waals surface area contributed by atoms with E-state index in [2.05, 4.69) is 5.32 Å². The predicted octanol–water partition coefficient (Wildman–Crippen LogP) is 3.63. The Hall–Kier alpha value is -0.280. The topological polar surface area (TPSA) is 32.3 Å². The van der Waals surface area contributed by atoms with Crippen molar-refractivity contribution in [1.29, 1.82) is 0 Å². The second kappa shape index (κ2) is 6.76. The fraction of sp³-hybridized carbons (Fsp3) is 0.571. The van der Waals surface area contributed by atoms with Crippen molar-refractivity contribution < 1.29 is 5.11 Å². The number of rotatable bonds is 4. The standard InChI is InChI=1S/C14H19Cl2NO/c15-12-4-11(5-13(16)7-12)9-17-8-10-2-1-3-14(18)6-10/h4-5,7,10,14,17-18H,1-3,6,8-9H2. The highest BCUT2D eigenvalue weighted by atomic mass is 35.5. The molecule has 2 N–H and O–H groups in total. The Morgan fingerprint density at radius 1 is 1.17 bits per heavy atom. The lowest BCUT2D eigenvalue weighted by Gasteiger charge is -2.26. The number of hydrogen-bond donors (Lipinski definition) is 2. The van der Waals surface area contributed by atoms with Crippen LogP contribution in [0.1, 0.15) is 31.2 Å². The summed E-state index contributed by atoms with van der Waals surface area (Å²) in [4.78, 5) is 0. The predicted molar refractivity (Wildman–Crippen MR) is 76.1 cm³/mol. The molecule has 0 amide bonds. The summed E-state index contributed by atoms with van der Waals surface area (Å²) in [6.07, 6.45) is 4.12. The zero-order valence-corrected chi connectivity index (χ0v) is 11.8. The third-order valence-electron chi connectivity index (χ3n) is 3.44. The maximum atomic E-state index is 9.61. The first-order valence-electron chi connectivity index (χ1n) is 6.47. The minimum absolute atomic E-state index is 0.105. The van der Waals surface area contributed by atoms with E-state index in [1.54, 1.807) is 6.07 Å². The number of aliphatic hydroxyl groups excluding tert-OH is 1. The van der Waals surface area contributed by atoms with Gasteiger partial charge in [-0.2, -0.15) is 0 Å². The zero-order valence-electron chi connectivity index (χ0n) is 10.3. The van der Waals surface area contributed by atoms with Crippen molar-refractivity contribution in [3.8, 4) is 0 Å². The van der Waals surface area contributed by atoms with Gasteiger partial charge in [0.15, 0.2) is 0 Å². The first kappa shape index (κ1) is 14.1. The van der Waals surface area contributed by atoms with Gasteiger partial charge in [0.25, 0.3) is 0 Å². The number of aliphatic hydroxyl groups is 1. The third-order valence-corrected chi connectivity index (χ3v) is 3.88. The van der Waals surface area contributed by atoms with Crippen LogP contribution in [0.3, 0.4) is 0 Å². The summed E-state index contributed by atoms with van der Waals surface area (Å²) in [5, 5.41) is 14.4. The van der Waals surface area contributed by atoms with Gasteiger partial charge in [-0.15, -0.1) is 0 Å². The van der Waals surface area contributed by atoms with Gasteiger partial charge in [0.2, 0.25) is 0 Å². The van der Waals surface area contributed by atoms with E-state index in [-0.39, 0.29) is 6.10 Å². The van der Waals surface area contributed by atoms with Crippen LogP contribution in [-0.2, 0) is 6.54 Å². The van der Waals surface area contributed by atoms with Crippen molar-refractivity contribution in [2.45, 2.75) is 38.3 Å². The minimum Gasteiger partial charge on any atom is -0.393 e. The van der Waals surface area contributed by atoms with E-state index in [1.165, 1.54) is 6.42 Å². The highest BCUT2D eigenvalue weighted by Gasteiger charge is 2.19. The Morgan fingerprint density at radius 2 is 1.89 bits per heavy atom. The Labute approximate surface area is 118 Å². The highest BCUT2D eigenvalue weighted by molar-refractivity contribution is 6.34. The van der Waals surface area contributed by atoms with Gasteiger partial charge in [0.05, 0.1) is 6.10 Å². The van der Waals surface area contributed by atoms with Gasteiger partial charge >= 0.3 is 0 Å². The number of halogens is 2. The molecular weight excluding hydrogens is 269 g/mol. The molecule has 1 aliphatic rings. The summed E-state index contributed by atoms with van der Waals surface area (Å²) >= 11 is 11.9. The van der Waals surface area contributed by atoms with Gasteiger partial charge in [0.1, 0.15) is 0 Å². The molecule has 2 nitrogen and oxygen atoms in total. The van der Waals surface area contributed by atoms with Crippen LogP contribution in [-0.4, -0.2) is 17.8 Å². The van der Waals surface area contributed by atoms with Crippen LogP contribution < -0.4 is 5.32 Å². The molecule has 0 spiro atoms. The molecule has 2 atom stereocenters. The second-order valence-corrected chi connectivity index (χ2v) is 5.97. The van der Waals surface area contributed by atoms with E-state index < -0.39 is 0 Å². The summed E-state index contributed by atoms with van der Waals surface area (Å²) < 4.78 is 0. The van der Waals surface area contributed by atoms with Gasteiger partial charge in [-0.25, -0.2) is 0 Å². The van der Waals surface area contributed by atoms with E-state index >= 15 is 0 Å². The lowest BCUT2D eigenvalue weighted by Crippen LogP contribution is -2.28. The number of benzene rings is 1. The molecule has 0 heterocycles. The van der Waals surface area contributed by atoms with E-state index in [1.807, 2.05) is 12.1 Å². The quantitative estimate of drug-likeness (QED) is 0.886. The molecule has 2 rings (SSSR count). The first-order valence-corrected chi connectivity index (χ1v) is 7.23. The Kier molecular flexibility index (Phi) is 5.31. The normalized spacial score (nSPS) is 24.2. The number of nitrogens with one attached hydrogen (secondary N) is 1. The average molecular weight is 288 g/mol. The minimum atomic E-state index is -0.105. The number of hydrogen-bond acceptors (Lipinski definition) is 2. The van der Waals surface area contributed by atoms with Gasteiger partial charge < -0.3 is 10.4 Å². The van der Waals surface area contributed by atoms with Gasteiger partial charge in [-0.1, -0.05) is 29.6 Å². The maximum absolute atomic E-state index is 9.61. The zero-order chi connectivity index (χ0) is 13.0. The Morgan fingerprint density at radius 3 is 2.56 bits per heavy atom. The molecule has 4 heteroatoms. The van der Waals surface area contributed by atoms with Crippen molar-refractivity contribution >= 4 is 23.2 Å². The van der Waals surface area contributed by atoms with E-state index in [0.717, 1.165) is 37.9 Å². The summed E-state index contributed by atoms with van der Waals surface area (Å²) in [5.74, 6) is 0.586. The van der Waals surface area contributed by atoms with Gasteiger partial charge in [-0.05, 0) is 55.5 Å². The fourth-order valence-electron chi connectivity index (χ4n) is 2.58. The second-order valence-electron chi connectivity index (χ2n) is 5.10. The molecule has 1 saturated carbocycles. The molecular formula is C14H19Cl2NO. The van der Waals surface area contributed by atoms with Crippen molar-refractivity contribution in [2.24, 2.45) is 5.92 Å². The third kappa shape index (κ3) is 4.43. The molecule has 0 radical (unpaired) electrons. The summed E-state index contributed by atoms with van der Waals surface area (Å²) in [6.45, 7) is 1.72. The lowest BCUT2D eigenvalue weighted by molar-refractivity contribution is 0.101. The monoisotopic (exact) mass is 287 g/mol. The van der Waals surface area contributed by atoms with Crippen LogP contribution in [0.5, 0.6) is 0 Å². The summed E-state index contributed by atoms with van der Waals surface area (Å²) in [6, 6.07) is 5.59. The first-order chi connectivity index (χ1) is 8.63. The molecule has 0 aliphatic heterocycles. The van der Waals surface area contributed by atoms with Crippen molar-refractivity contribution in [3.05, 3.63) is 33.8 Å². The van der Waals surface area contributed by atoms with Crippen molar-refractivity contribution in [3.63, 3.8) is 0 Å².